The first-order valence-corrected chi connectivity index (χ1v) is 8.51. The Hall–Kier alpha value is -1.40. The van der Waals surface area contributed by atoms with E-state index in [1.807, 2.05) is 23.1 Å². The summed E-state index contributed by atoms with van der Waals surface area (Å²) in [5.74, 6) is 2.32. The summed E-state index contributed by atoms with van der Waals surface area (Å²) >= 11 is 1.59. The normalized spacial score (nSPS) is 37.0. The number of rotatable bonds is 3. The van der Waals surface area contributed by atoms with Gasteiger partial charge in [0.05, 0.1) is 6.20 Å². The van der Waals surface area contributed by atoms with Gasteiger partial charge in [-0.25, -0.2) is 9.67 Å². The van der Waals surface area contributed by atoms with Crippen molar-refractivity contribution in [2.24, 2.45) is 17.8 Å². The molecule has 4 bridgehead atoms. The molecule has 0 N–H and O–H groups in total. The average molecular weight is 302 g/mol. The molecule has 6 heteroatoms. The molecule has 4 fully saturated rings. The molecule has 0 amide bonds. The lowest BCUT2D eigenvalue weighted by Gasteiger charge is -2.55. The van der Waals surface area contributed by atoms with Crippen molar-refractivity contribution in [3.63, 3.8) is 0 Å². The molecule has 5 nitrogen and oxygen atoms in total. The van der Waals surface area contributed by atoms with Gasteiger partial charge in [0.1, 0.15) is 11.1 Å². The van der Waals surface area contributed by atoms with E-state index < -0.39 is 0 Å². The second-order valence-electron chi connectivity index (χ2n) is 6.57. The van der Waals surface area contributed by atoms with Gasteiger partial charge < -0.3 is 9.64 Å². The molecule has 4 aliphatic rings. The number of ether oxygens (including phenoxy) is 1. The van der Waals surface area contributed by atoms with Crippen molar-refractivity contribution in [2.75, 3.05) is 19.6 Å². The maximum Gasteiger partial charge on any atom is 0.275 e. The standard InChI is InChI=1S/C15H18N4OS/c1-2-17-19(3-1)13-6-16-15(21-13)20-14-11-4-10-5-12(14)9-18(7-10)8-11/h1-3,6,10-12,14H,4-5,7-9H2/t10?,11-,12-,14?/m0/s1. The van der Waals surface area contributed by atoms with Crippen LogP contribution < -0.4 is 4.74 Å². The van der Waals surface area contributed by atoms with Crippen molar-refractivity contribution in [2.45, 2.75) is 18.9 Å². The maximum atomic E-state index is 6.31. The second-order valence-corrected chi connectivity index (χ2v) is 7.55. The predicted molar refractivity (Wildman–Crippen MR) is 79.8 cm³/mol. The van der Waals surface area contributed by atoms with Crippen molar-refractivity contribution in [3.8, 4) is 10.2 Å². The first-order valence-electron chi connectivity index (χ1n) is 7.70. The minimum absolute atomic E-state index is 0.370. The molecule has 1 aliphatic carbocycles. The molecule has 21 heavy (non-hydrogen) atoms. The molecule has 0 aromatic carbocycles. The Morgan fingerprint density at radius 3 is 2.76 bits per heavy atom. The lowest BCUT2D eigenvalue weighted by molar-refractivity contribution is -0.0985. The fourth-order valence-corrected chi connectivity index (χ4v) is 5.23. The SMILES string of the molecule is c1cnn(-c2cnc(OC3[C@H]4CC5C[C@H]3CN(C5)C4)s2)c1. The molecule has 2 aromatic rings. The van der Waals surface area contributed by atoms with Gasteiger partial charge in [0, 0.05) is 43.9 Å². The van der Waals surface area contributed by atoms with Gasteiger partial charge in [-0.05, 0) is 24.8 Å². The lowest BCUT2D eigenvalue weighted by Crippen LogP contribution is -2.61. The molecule has 3 aliphatic heterocycles. The van der Waals surface area contributed by atoms with Crippen molar-refractivity contribution >= 4 is 11.3 Å². The van der Waals surface area contributed by atoms with Crippen LogP contribution in [-0.4, -0.2) is 45.4 Å². The highest BCUT2D eigenvalue weighted by Gasteiger charge is 2.48. The van der Waals surface area contributed by atoms with Gasteiger partial charge in [-0.2, -0.15) is 5.10 Å². The zero-order chi connectivity index (χ0) is 13.8. The van der Waals surface area contributed by atoms with Crippen LogP contribution in [-0.2, 0) is 0 Å². The Morgan fingerprint density at radius 2 is 2.05 bits per heavy atom. The van der Waals surface area contributed by atoms with E-state index in [1.54, 1.807) is 17.5 Å². The molecular formula is C15H18N4OS. The van der Waals surface area contributed by atoms with Gasteiger partial charge in [-0.15, -0.1) is 0 Å². The van der Waals surface area contributed by atoms with E-state index >= 15 is 0 Å². The summed E-state index contributed by atoms with van der Waals surface area (Å²) in [5, 5.41) is 6.06. The first-order chi connectivity index (χ1) is 10.3. The number of hydrogen-bond donors (Lipinski definition) is 0. The Balaban J connectivity index is 1.36. The predicted octanol–water partition coefficient (Wildman–Crippen LogP) is 2.05. The van der Waals surface area contributed by atoms with Crippen LogP contribution in [0.4, 0.5) is 0 Å². The molecule has 5 heterocycles. The van der Waals surface area contributed by atoms with E-state index in [2.05, 4.69) is 15.0 Å². The lowest BCUT2D eigenvalue weighted by atomic mass is 9.66. The van der Waals surface area contributed by atoms with Crippen LogP contribution in [0.1, 0.15) is 12.8 Å². The molecule has 2 aromatic heterocycles. The summed E-state index contributed by atoms with van der Waals surface area (Å²) in [5.41, 5.74) is 0. The molecule has 6 rings (SSSR count). The fourth-order valence-electron chi connectivity index (χ4n) is 4.48. The number of nitrogens with zero attached hydrogens (tertiary/aromatic N) is 4. The van der Waals surface area contributed by atoms with E-state index in [9.17, 15) is 0 Å². The van der Waals surface area contributed by atoms with Crippen LogP contribution in [0, 0.1) is 17.8 Å². The van der Waals surface area contributed by atoms with Gasteiger partial charge in [-0.3, -0.25) is 0 Å². The number of thiazole rings is 1. The van der Waals surface area contributed by atoms with E-state index in [-0.39, 0.29) is 0 Å². The van der Waals surface area contributed by atoms with Crippen LogP contribution in [0.2, 0.25) is 0 Å². The summed E-state index contributed by atoms with van der Waals surface area (Å²) in [6.07, 6.45) is 8.63. The topological polar surface area (TPSA) is 43.2 Å². The van der Waals surface area contributed by atoms with Crippen molar-refractivity contribution in [3.05, 3.63) is 24.7 Å². The summed E-state index contributed by atoms with van der Waals surface area (Å²) in [4.78, 5) is 7.07. The van der Waals surface area contributed by atoms with Gasteiger partial charge in [0.25, 0.3) is 5.19 Å². The number of piperidine rings is 3. The summed E-state index contributed by atoms with van der Waals surface area (Å²) in [6, 6.07) is 1.92. The summed E-state index contributed by atoms with van der Waals surface area (Å²) in [7, 11) is 0. The van der Waals surface area contributed by atoms with Crippen molar-refractivity contribution in [1.82, 2.24) is 19.7 Å². The minimum atomic E-state index is 0.370. The van der Waals surface area contributed by atoms with Gasteiger partial charge in [0.15, 0.2) is 0 Å². The largest absolute Gasteiger partial charge is 0.466 e. The van der Waals surface area contributed by atoms with E-state index in [1.165, 1.54) is 32.5 Å². The van der Waals surface area contributed by atoms with Crippen LogP contribution in [0.25, 0.3) is 5.00 Å². The Kier molecular flexibility index (Phi) is 2.64. The third kappa shape index (κ3) is 2.00. The van der Waals surface area contributed by atoms with Crippen LogP contribution >= 0.6 is 11.3 Å². The first kappa shape index (κ1) is 12.2. The fraction of sp³-hybridized carbons (Fsp3) is 0.600. The molecule has 0 radical (unpaired) electrons. The zero-order valence-electron chi connectivity index (χ0n) is 11.8. The minimum Gasteiger partial charge on any atom is -0.466 e. The monoisotopic (exact) mass is 302 g/mol. The van der Waals surface area contributed by atoms with Gasteiger partial charge >= 0.3 is 0 Å². The Labute approximate surface area is 127 Å². The van der Waals surface area contributed by atoms with Crippen LogP contribution in [0.3, 0.4) is 0 Å². The molecule has 1 saturated carbocycles. The highest BCUT2D eigenvalue weighted by Crippen LogP contribution is 2.45. The van der Waals surface area contributed by atoms with Crippen LogP contribution in [0.5, 0.6) is 5.19 Å². The second kappa shape index (κ2) is 4.55. The molecule has 110 valence electrons. The summed E-state index contributed by atoms with van der Waals surface area (Å²) < 4.78 is 8.15. The average Bonchev–Trinajstić information content (AvgIpc) is 3.13. The third-order valence-electron chi connectivity index (χ3n) is 5.14. The maximum absolute atomic E-state index is 6.31. The molecule has 3 saturated heterocycles. The smallest absolute Gasteiger partial charge is 0.275 e. The Morgan fingerprint density at radius 1 is 1.19 bits per heavy atom. The summed E-state index contributed by atoms with van der Waals surface area (Å²) in [6.45, 7) is 3.75. The van der Waals surface area contributed by atoms with Crippen LogP contribution in [0.15, 0.2) is 24.7 Å². The highest BCUT2D eigenvalue weighted by molar-refractivity contribution is 7.15. The Bertz CT molecular complexity index is 610. The quantitative estimate of drug-likeness (QED) is 0.870. The molecule has 0 unspecified atom stereocenters. The third-order valence-corrected chi connectivity index (χ3v) is 6.02. The van der Waals surface area contributed by atoms with Gasteiger partial charge in [0.2, 0.25) is 0 Å². The number of aromatic nitrogens is 3. The van der Waals surface area contributed by atoms with Crippen molar-refractivity contribution in [1.29, 1.82) is 0 Å². The van der Waals surface area contributed by atoms with Crippen molar-refractivity contribution < 1.29 is 4.74 Å². The number of hydrogen-bond acceptors (Lipinski definition) is 5. The van der Waals surface area contributed by atoms with Gasteiger partial charge in [-0.1, -0.05) is 11.3 Å². The molecule has 0 spiro atoms. The van der Waals surface area contributed by atoms with E-state index in [0.29, 0.717) is 17.9 Å². The van der Waals surface area contributed by atoms with E-state index in [0.717, 1.165) is 16.1 Å². The highest BCUT2D eigenvalue weighted by atomic mass is 32.1. The molecular weight excluding hydrogens is 284 g/mol. The molecule has 2 atom stereocenters. The van der Waals surface area contributed by atoms with E-state index in [4.69, 9.17) is 4.74 Å². The zero-order valence-corrected chi connectivity index (χ0v) is 12.6.